The van der Waals surface area contributed by atoms with Crippen molar-refractivity contribution >= 4 is 11.7 Å². The molecule has 1 amide bonds. The van der Waals surface area contributed by atoms with E-state index in [-0.39, 0.29) is 11.9 Å². The topological polar surface area (TPSA) is 45.2 Å². The molecule has 0 aliphatic heterocycles. The van der Waals surface area contributed by atoms with Crippen LogP contribution >= 0.6 is 0 Å². The maximum absolute atomic E-state index is 13.0. The van der Waals surface area contributed by atoms with Gasteiger partial charge in [-0.3, -0.25) is 4.79 Å². The molecule has 1 aromatic heterocycles. The van der Waals surface area contributed by atoms with Gasteiger partial charge in [0.2, 0.25) is 0 Å². The van der Waals surface area contributed by atoms with Crippen molar-refractivity contribution in [1.82, 2.24) is 9.88 Å². The number of hydrogen-bond donors (Lipinski definition) is 1. The molecule has 0 saturated heterocycles. The molecule has 2 aromatic carbocycles. The summed E-state index contributed by atoms with van der Waals surface area (Å²) >= 11 is 0. The van der Waals surface area contributed by atoms with E-state index in [4.69, 9.17) is 0 Å². The lowest BCUT2D eigenvalue weighted by Crippen LogP contribution is -2.36. The van der Waals surface area contributed by atoms with Crippen molar-refractivity contribution in [2.24, 2.45) is 0 Å². The van der Waals surface area contributed by atoms with Crippen molar-refractivity contribution in [3.63, 3.8) is 0 Å². The highest BCUT2D eigenvalue weighted by molar-refractivity contribution is 5.94. The van der Waals surface area contributed by atoms with Gasteiger partial charge in [0.05, 0.1) is 5.56 Å². The Morgan fingerprint density at radius 2 is 1.75 bits per heavy atom. The molecule has 0 saturated carbocycles. The van der Waals surface area contributed by atoms with Crippen LogP contribution in [0.25, 0.3) is 0 Å². The van der Waals surface area contributed by atoms with E-state index in [2.05, 4.69) is 41.5 Å². The summed E-state index contributed by atoms with van der Waals surface area (Å²) in [5.74, 6) is 0.758. The van der Waals surface area contributed by atoms with Crippen LogP contribution in [-0.4, -0.2) is 21.8 Å². The fourth-order valence-electron chi connectivity index (χ4n) is 3.07. The summed E-state index contributed by atoms with van der Waals surface area (Å²) in [4.78, 5) is 19.3. The van der Waals surface area contributed by atoms with E-state index in [1.165, 1.54) is 11.1 Å². The zero-order valence-electron chi connectivity index (χ0n) is 16.7. The quantitative estimate of drug-likeness (QED) is 0.630. The number of anilines is 1. The highest BCUT2D eigenvalue weighted by Crippen LogP contribution is 2.15. The summed E-state index contributed by atoms with van der Waals surface area (Å²) in [6.07, 6.45) is 1.65. The molecule has 0 fully saturated rings. The van der Waals surface area contributed by atoms with Gasteiger partial charge in [-0.15, -0.1) is 0 Å². The maximum atomic E-state index is 13.0. The van der Waals surface area contributed by atoms with Crippen molar-refractivity contribution in [1.29, 1.82) is 0 Å². The number of aryl methyl sites for hydroxylation is 1. The van der Waals surface area contributed by atoms with E-state index in [1.807, 2.05) is 61.2 Å². The zero-order valence-corrected chi connectivity index (χ0v) is 16.7. The van der Waals surface area contributed by atoms with Crippen molar-refractivity contribution in [3.05, 3.63) is 95.2 Å². The fraction of sp³-hybridized carbons (Fsp3) is 0.250. The van der Waals surface area contributed by atoms with Crippen LogP contribution in [0.15, 0.2) is 72.9 Å². The Labute approximate surface area is 167 Å². The number of rotatable bonds is 7. The molecule has 28 heavy (non-hydrogen) atoms. The molecule has 4 heteroatoms. The predicted molar refractivity (Wildman–Crippen MR) is 114 cm³/mol. The number of carbonyl (C=O) groups excluding carboxylic acids is 1. The SMILES string of the molecule is Cc1cccc(CNc2ccc(C(=O)N(Cc3ccccc3)C(C)C)cn2)c1. The largest absolute Gasteiger partial charge is 0.366 e. The molecular formula is C24H27N3O. The number of nitrogens with zero attached hydrogens (tertiary/aromatic N) is 2. The molecule has 1 heterocycles. The molecule has 3 rings (SSSR count). The monoisotopic (exact) mass is 373 g/mol. The zero-order chi connectivity index (χ0) is 19.9. The summed E-state index contributed by atoms with van der Waals surface area (Å²) in [6, 6.07) is 22.2. The van der Waals surface area contributed by atoms with Gasteiger partial charge in [0.25, 0.3) is 5.91 Å². The third-order valence-electron chi connectivity index (χ3n) is 4.65. The summed E-state index contributed by atoms with van der Waals surface area (Å²) in [7, 11) is 0. The molecule has 0 aliphatic carbocycles. The normalized spacial score (nSPS) is 10.7. The number of amides is 1. The van der Waals surface area contributed by atoms with Gasteiger partial charge in [-0.2, -0.15) is 0 Å². The number of nitrogens with one attached hydrogen (secondary N) is 1. The van der Waals surface area contributed by atoms with Crippen molar-refractivity contribution in [2.45, 2.75) is 39.9 Å². The van der Waals surface area contributed by atoms with Crippen LogP contribution in [0.2, 0.25) is 0 Å². The van der Waals surface area contributed by atoms with Gasteiger partial charge in [-0.1, -0.05) is 60.2 Å². The number of aromatic nitrogens is 1. The average Bonchev–Trinajstić information content (AvgIpc) is 2.71. The van der Waals surface area contributed by atoms with Crippen LogP contribution in [0.3, 0.4) is 0 Å². The summed E-state index contributed by atoms with van der Waals surface area (Å²) in [5, 5.41) is 3.31. The predicted octanol–water partition coefficient (Wildman–Crippen LogP) is 5.05. The van der Waals surface area contributed by atoms with Crippen LogP contribution in [0.5, 0.6) is 0 Å². The van der Waals surface area contributed by atoms with Gasteiger partial charge in [0.15, 0.2) is 0 Å². The molecule has 0 spiro atoms. The van der Waals surface area contributed by atoms with E-state index >= 15 is 0 Å². The van der Waals surface area contributed by atoms with Crippen LogP contribution in [0.1, 0.15) is 40.9 Å². The minimum Gasteiger partial charge on any atom is -0.366 e. The second kappa shape index (κ2) is 9.18. The lowest BCUT2D eigenvalue weighted by Gasteiger charge is -2.27. The highest BCUT2D eigenvalue weighted by Gasteiger charge is 2.19. The van der Waals surface area contributed by atoms with Gasteiger partial charge < -0.3 is 10.2 Å². The minimum absolute atomic E-state index is 0.00316. The van der Waals surface area contributed by atoms with Crippen molar-refractivity contribution < 1.29 is 4.79 Å². The first-order chi connectivity index (χ1) is 13.5. The van der Waals surface area contributed by atoms with Crippen LogP contribution in [-0.2, 0) is 13.1 Å². The molecule has 0 unspecified atom stereocenters. The molecule has 0 aliphatic rings. The van der Waals surface area contributed by atoms with E-state index in [9.17, 15) is 4.79 Å². The Morgan fingerprint density at radius 3 is 2.39 bits per heavy atom. The maximum Gasteiger partial charge on any atom is 0.255 e. The average molecular weight is 374 g/mol. The van der Waals surface area contributed by atoms with Gasteiger partial charge in [-0.25, -0.2) is 4.98 Å². The van der Waals surface area contributed by atoms with Gasteiger partial charge in [-0.05, 0) is 44.0 Å². The summed E-state index contributed by atoms with van der Waals surface area (Å²) < 4.78 is 0. The Morgan fingerprint density at radius 1 is 1.00 bits per heavy atom. The van der Waals surface area contributed by atoms with E-state index in [0.29, 0.717) is 18.7 Å². The molecule has 3 aromatic rings. The van der Waals surface area contributed by atoms with E-state index < -0.39 is 0 Å². The molecule has 144 valence electrons. The Hall–Kier alpha value is -3.14. The first-order valence-electron chi connectivity index (χ1n) is 9.63. The lowest BCUT2D eigenvalue weighted by atomic mass is 10.1. The smallest absolute Gasteiger partial charge is 0.255 e. The second-order valence-electron chi connectivity index (χ2n) is 7.29. The van der Waals surface area contributed by atoms with Gasteiger partial charge in [0.1, 0.15) is 5.82 Å². The third-order valence-corrected chi connectivity index (χ3v) is 4.65. The summed E-state index contributed by atoms with van der Waals surface area (Å²) in [6.45, 7) is 7.44. The van der Waals surface area contributed by atoms with Crippen LogP contribution in [0, 0.1) is 6.92 Å². The molecule has 0 atom stereocenters. The Kier molecular flexibility index (Phi) is 6.43. The number of hydrogen-bond acceptors (Lipinski definition) is 3. The number of benzene rings is 2. The molecule has 0 bridgehead atoms. The van der Waals surface area contributed by atoms with Crippen molar-refractivity contribution in [3.8, 4) is 0 Å². The fourth-order valence-corrected chi connectivity index (χ4v) is 3.07. The standard InChI is InChI=1S/C24H27N3O/c1-18(2)27(17-20-9-5-4-6-10-20)24(28)22-12-13-23(26-16-22)25-15-21-11-7-8-19(3)14-21/h4-14,16,18H,15,17H2,1-3H3,(H,25,26). The molecular weight excluding hydrogens is 346 g/mol. The second-order valence-corrected chi connectivity index (χ2v) is 7.29. The first-order valence-corrected chi connectivity index (χ1v) is 9.63. The summed E-state index contributed by atoms with van der Waals surface area (Å²) in [5.41, 5.74) is 4.16. The number of carbonyl (C=O) groups is 1. The Balaban J connectivity index is 1.66. The first kappa shape index (κ1) is 19.6. The number of pyridine rings is 1. The molecule has 4 nitrogen and oxygen atoms in total. The van der Waals surface area contributed by atoms with Gasteiger partial charge >= 0.3 is 0 Å². The minimum atomic E-state index is -0.00316. The van der Waals surface area contributed by atoms with Crippen LogP contribution < -0.4 is 5.32 Å². The van der Waals surface area contributed by atoms with Crippen molar-refractivity contribution in [2.75, 3.05) is 5.32 Å². The lowest BCUT2D eigenvalue weighted by molar-refractivity contribution is 0.0690. The van der Waals surface area contributed by atoms with E-state index in [0.717, 1.165) is 11.4 Å². The van der Waals surface area contributed by atoms with E-state index in [1.54, 1.807) is 6.20 Å². The highest BCUT2D eigenvalue weighted by atomic mass is 16.2. The third kappa shape index (κ3) is 5.19. The van der Waals surface area contributed by atoms with Crippen LogP contribution in [0.4, 0.5) is 5.82 Å². The van der Waals surface area contributed by atoms with Gasteiger partial charge in [0, 0.05) is 25.3 Å². The molecule has 1 N–H and O–H groups in total. The Bertz CT molecular complexity index is 905. The molecule has 0 radical (unpaired) electrons.